The molecule has 1 heterocycles. The average molecular weight is 497 g/mol. The van der Waals surface area contributed by atoms with Crippen molar-refractivity contribution in [2.75, 3.05) is 37.5 Å². The lowest BCUT2D eigenvalue weighted by atomic mass is 9.90. The highest BCUT2D eigenvalue weighted by Crippen LogP contribution is 2.32. The monoisotopic (exact) mass is 496 g/mol. The lowest BCUT2D eigenvalue weighted by Gasteiger charge is -2.20. The number of benzene rings is 3. The Bertz CT molecular complexity index is 1390. The molecule has 7 nitrogen and oxygen atoms in total. The van der Waals surface area contributed by atoms with Crippen molar-refractivity contribution in [3.8, 4) is 5.75 Å². The van der Waals surface area contributed by atoms with E-state index < -0.39 is 0 Å². The van der Waals surface area contributed by atoms with Gasteiger partial charge in [0.15, 0.2) is 6.61 Å². The van der Waals surface area contributed by atoms with E-state index in [4.69, 9.17) is 4.74 Å². The lowest BCUT2D eigenvalue weighted by molar-refractivity contribution is -0.123. The van der Waals surface area contributed by atoms with E-state index in [1.165, 1.54) is 0 Å². The predicted octanol–water partition coefficient (Wildman–Crippen LogP) is 4.91. The second kappa shape index (κ2) is 10.8. The van der Waals surface area contributed by atoms with Gasteiger partial charge in [0, 0.05) is 67.0 Å². The van der Waals surface area contributed by atoms with Crippen molar-refractivity contribution >= 4 is 34.1 Å². The summed E-state index contributed by atoms with van der Waals surface area (Å²) in [6.45, 7) is 0.322. The Morgan fingerprint density at radius 2 is 1.81 bits per heavy atom. The van der Waals surface area contributed by atoms with Gasteiger partial charge in [-0.05, 0) is 54.3 Å². The number of fused-ring (bicyclic) bond motifs is 1. The molecule has 0 saturated heterocycles. The highest BCUT2D eigenvalue weighted by molar-refractivity contribution is 5.94. The van der Waals surface area contributed by atoms with Gasteiger partial charge >= 0.3 is 0 Å². The van der Waals surface area contributed by atoms with Crippen LogP contribution >= 0.6 is 0 Å². The minimum Gasteiger partial charge on any atom is -0.484 e. The number of carbonyl (C=O) groups excluding carboxylic acids is 2. The topological polar surface area (TPSA) is 86.5 Å². The van der Waals surface area contributed by atoms with Crippen LogP contribution in [0.15, 0.2) is 79.0 Å². The normalized spacial score (nSPS) is 13.7. The molecule has 1 aliphatic carbocycles. The Hall–Kier alpha value is -4.26. The van der Waals surface area contributed by atoms with Crippen molar-refractivity contribution in [3.05, 3.63) is 90.1 Å². The Kier molecular flexibility index (Phi) is 7.12. The van der Waals surface area contributed by atoms with E-state index in [2.05, 4.69) is 56.9 Å². The molecule has 5 rings (SSSR count). The van der Waals surface area contributed by atoms with Crippen molar-refractivity contribution < 1.29 is 14.3 Å². The fourth-order valence-electron chi connectivity index (χ4n) is 4.46. The number of rotatable bonds is 10. The Morgan fingerprint density at radius 1 is 1.03 bits per heavy atom. The summed E-state index contributed by atoms with van der Waals surface area (Å²) in [4.78, 5) is 30.2. The first-order valence-corrected chi connectivity index (χ1v) is 12.6. The van der Waals surface area contributed by atoms with Gasteiger partial charge in [-0.3, -0.25) is 9.59 Å². The molecular formula is C30H32N4O3. The third kappa shape index (κ3) is 5.94. The van der Waals surface area contributed by atoms with Crippen LogP contribution in [0.4, 0.5) is 11.4 Å². The number of anilines is 2. The zero-order valence-corrected chi connectivity index (χ0v) is 21.2. The van der Waals surface area contributed by atoms with Crippen LogP contribution in [-0.4, -0.2) is 44.0 Å². The SMILES string of the molecule is CN(C)c1ccc(C(CNC(=O)COc2cccc(NC(=O)C3CC3)c2)c2c[nH]c3ccccc23)cc1. The Balaban J connectivity index is 1.25. The predicted molar refractivity (Wildman–Crippen MR) is 147 cm³/mol. The number of para-hydroxylation sites is 1. The highest BCUT2D eigenvalue weighted by atomic mass is 16.5. The second-order valence-corrected chi connectivity index (χ2v) is 9.71. The molecule has 190 valence electrons. The average Bonchev–Trinajstić information content (AvgIpc) is 3.68. The molecule has 1 aliphatic rings. The largest absolute Gasteiger partial charge is 0.484 e. The summed E-state index contributed by atoms with van der Waals surface area (Å²) in [6.07, 6.45) is 3.92. The van der Waals surface area contributed by atoms with Crippen LogP contribution in [0.25, 0.3) is 10.9 Å². The molecule has 4 aromatic rings. The summed E-state index contributed by atoms with van der Waals surface area (Å²) in [5.74, 6) is 0.465. The van der Waals surface area contributed by atoms with Crippen molar-refractivity contribution in [3.63, 3.8) is 0 Å². The maximum absolute atomic E-state index is 12.8. The van der Waals surface area contributed by atoms with Crippen LogP contribution in [0.5, 0.6) is 5.75 Å². The van der Waals surface area contributed by atoms with E-state index in [0.29, 0.717) is 18.0 Å². The number of aromatic amines is 1. The van der Waals surface area contributed by atoms with Crippen LogP contribution < -0.4 is 20.3 Å². The molecule has 0 bridgehead atoms. The molecule has 1 unspecified atom stereocenters. The second-order valence-electron chi connectivity index (χ2n) is 9.71. The number of aromatic nitrogens is 1. The number of amides is 2. The quantitative estimate of drug-likeness (QED) is 0.291. The van der Waals surface area contributed by atoms with E-state index in [0.717, 1.165) is 40.6 Å². The first kappa shape index (κ1) is 24.4. The van der Waals surface area contributed by atoms with Crippen molar-refractivity contribution in [2.24, 2.45) is 5.92 Å². The summed E-state index contributed by atoms with van der Waals surface area (Å²) in [5, 5.41) is 7.10. The highest BCUT2D eigenvalue weighted by Gasteiger charge is 2.29. The molecule has 1 aromatic heterocycles. The van der Waals surface area contributed by atoms with E-state index in [-0.39, 0.29) is 30.3 Å². The number of hydrogen-bond donors (Lipinski definition) is 3. The third-order valence-electron chi connectivity index (χ3n) is 6.73. The van der Waals surface area contributed by atoms with Gasteiger partial charge < -0.3 is 25.3 Å². The summed E-state index contributed by atoms with van der Waals surface area (Å²) in [6, 6.07) is 23.8. The molecule has 7 heteroatoms. The van der Waals surface area contributed by atoms with Crippen molar-refractivity contribution in [1.29, 1.82) is 0 Å². The van der Waals surface area contributed by atoms with Gasteiger partial charge in [0.2, 0.25) is 5.91 Å². The zero-order valence-electron chi connectivity index (χ0n) is 21.2. The Morgan fingerprint density at radius 3 is 2.57 bits per heavy atom. The number of carbonyl (C=O) groups is 2. The summed E-state index contributed by atoms with van der Waals surface area (Å²) >= 11 is 0. The van der Waals surface area contributed by atoms with Crippen molar-refractivity contribution in [1.82, 2.24) is 10.3 Å². The number of nitrogens with zero attached hydrogens (tertiary/aromatic N) is 1. The molecule has 1 fully saturated rings. The zero-order chi connectivity index (χ0) is 25.8. The number of hydrogen-bond acceptors (Lipinski definition) is 4. The van der Waals surface area contributed by atoms with Crippen LogP contribution in [0.1, 0.15) is 29.9 Å². The molecule has 37 heavy (non-hydrogen) atoms. The van der Waals surface area contributed by atoms with Gasteiger partial charge in [-0.1, -0.05) is 36.4 Å². The van der Waals surface area contributed by atoms with Crippen LogP contribution in [0, 0.1) is 5.92 Å². The van der Waals surface area contributed by atoms with E-state index in [9.17, 15) is 9.59 Å². The summed E-state index contributed by atoms with van der Waals surface area (Å²) in [5.41, 5.74) is 5.12. The number of nitrogens with one attached hydrogen (secondary N) is 3. The maximum Gasteiger partial charge on any atom is 0.257 e. The molecule has 2 amide bonds. The maximum atomic E-state index is 12.8. The van der Waals surface area contributed by atoms with Crippen LogP contribution in [0.3, 0.4) is 0 Å². The first-order valence-electron chi connectivity index (χ1n) is 12.6. The van der Waals surface area contributed by atoms with Gasteiger partial charge in [-0.25, -0.2) is 0 Å². The van der Waals surface area contributed by atoms with Crippen LogP contribution in [-0.2, 0) is 9.59 Å². The van der Waals surface area contributed by atoms with Gasteiger partial charge in [0.1, 0.15) is 5.75 Å². The summed E-state index contributed by atoms with van der Waals surface area (Å²) in [7, 11) is 4.03. The first-order chi connectivity index (χ1) is 18.0. The number of ether oxygens (including phenoxy) is 1. The van der Waals surface area contributed by atoms with E-state index >= 15 is 0 Å². The van der Waals surface area contributed by atoms with E-state index in [1.54, 1.807) is 18.2 Å². The minimum atomic E-state index is -0.206. The minimum absolute atomic E-state index is 0.0303. The molecule has 3 aromatic carbocycles. The van der Waals surface area contributed by atoms with Gasteiger partial charge in [0.05, 0.1) is 0 Å². The van der Waals surface area contributed by atoms with Gasteiger partial charge in [0.25, 0.3) is 5.91 Å². The van der Waals surface area contributed by atoms with E-state index in [1.807, 2.05) is 38.5 Å². The molecule has 1 atom stereocenters. The molecule has 3 N–H and O–H groups in total. The molecule has 1 saturated carbocycles. The molecule has 0 radical (unpaired) electrons. The van der Waals surface area contributed by atoms with Crippen LogP contribution in [0.2, 0.25) is 0 Å². The van der Waals surface area contributed by atoms with Gasteiger partial charge in [-0.15, -0.1) is 0 Å². The van der Waals surface area contributed by atoms with Crippen molar-refractivity contribution in [2.45, 2.75) is 18.8 Å². The molecule has 0 spiro atoms. The Labute approximate surface area is 216 Å². The fraction of sp³-hybridized carbons (Fsp3) is 0.267. The molecule has 0 aliphatic heterocycles. The lowest BCUT2D eigenvalue weighted by Crippen LogP contribution is -2.32. The molecular weight excluding hydrogens is 464 g/mol. The standard InChI is InChI=1S/C30H32N4O3/c1-34(2)23-14-12-20(13-15-23)26(27-18-31-28-9-4-3-8-25(27)28)17-32-29(35)19-37-24-7-5-6-22(16-24)33-30(36)21-10-11-21/h3-9,12-16,18,21,26,31H,10-11,17,19H2,1-2H3,(H,32,35)(H,33,36). The third-order valence-corrected chi connectivity index (χ3v) is 6.73. The van der Waals surface area contributed by atoms with Gasteiger partial charge in [-0.2, -0.15) is 0 Å². The number of H-pyrrole nitrogens is 1. The summed E-state index contributed by atoms with van der Waals surface area (Å²) < 4.78 is 5.73. The smallest absolute Gasteiger partial charge is 0.257 e. The fourth-order valence-corrected chi connectivity index (χ4v) is 4.46.